The van der Waals surface area contributed by atoms with Crippen LogP contribution in [-0.2, 0) is 9.59 Å². The fourth-order valence-corrected chi connectivity index (χ4v) is 4.41. The summed E-state index contributed by atoms with van der Waals surface area (Å²) in [6.45, 7) is 6.15. The van der Waals surface area contributed by atoms with Crippen LogP contribution in [0.3, 0.4) is 0 Å². The molecule has 170 valence electrons. The lowest BCUT2D eigenvalue weighted by molar-refractivity contribution is -0.119. The Bertz CT molecular complexity index is 1190. The molecular formula is C24H25N5O3S. The average molecular weight is 464 g/mol. The van der Waals surface area contributed by atoms with Gasteiger partial charge in [-0.3, -0.25) is 19.7 Å². The number of nitrogens with one attached hydrogen (secondary N) is 2. The second-order valence-corrected chi connectivity index (χ2v) is 9.32. The number of para-hydroxylation sites is 1. The van der Waals surface area contributed by atoms with Gasteiger partial charge in [-0.2, -0.15) is 0 Å². The van der Waals surface area contributed by atoms with Crippen molar-refractivity contribution in [1.82, 2.24) is 10.2 Å². The molecule has 1 atom stereocenters. The van der Waals surface area contributed by atoms with Crippen molar-refractivity contribution in [1.29, 1.82) is 0 Å². The molecule has 1 fully saturated rings. The topological polar surface area (TPSA) is 104 Å². The van der Waals surface area contributed by atoms with E-state index in [-0.39, 0.29) is 29.6 Å². The Hall–Kier alpha value is -3.59. The number of hydrogen-bond donors (Lipinski definition) is 2. The number of carbonyl (C=O) groups is 3. The Morgan fingerprint density at radius 2 is 1.79 bits per heavy atom. The van der Waals surface area contributed by atoms with Crippen LogP contribution in [0.1, 0.15) is 47.1 Å². The maximum absolute atomic E-state index is 12.6. The van der Waals surface area contributed by atoms with Crippen LogP contribution in [0.25, 0.3) is 0 Å². The molecular weight excluding hydrogens is 438 g/mol. The summed E-state index contributed by atoms with van der Waals surface area (Å²) < 4.78 is 0. The number of aryl methyl sites for hydroxylation is 1. The van der Waals surface area contributed by atoms with Crippen LogP contribution in [0.15, 0.2) is 48.5 Å². The molecule has 0 spiro atoms. The third-order valence-electron chi connectivity index (χ3n) is 5.48. The first-order valence-electron chi connectivity index (χ1n) is 10.7. The van der Waals surface area contributed by atoms with Gasteiger partial charge in [-0.15, -0.1) is 10.2 Å². The molecule has 2 N–H and O–H groups in total. The van der Waals surface area contributed by atoms with E-state index in [4.69, 9.17) is 0 Å². The molecule has 0 saturated carbocycles. The highest BCUT2D eigenvalue weighted by molar-refractivity contribution is 7.15. The number of anilines is 3. The van der Waals surface area contributed by atoms with Crippen molar-refractivity contribution < 1.29 is 14.4 Å². The van der Waals surface area contributed by atoms with Gasteiger partial charge in [-0.25, -0.2) is 0 Å². The summed E-state index contributed by atoms with van der Waals surface area (Å²) in [5, 5.41) is 15.0. The van der Waals surface area contributed by atoms with E-state index in [1.165, 1.54) is 11.3 Å². The Morgan fingerprint density at radius 3 is 2.48 bits per heavy atom. The molecule has 33 heavy (non-hydrogen) atoms. The van der Waals surface area contributed by atoms with Crippen LogP contribution < -0.4 is 15.5 Å². The van der Waals surface area contributed by atoms with Crippen molar-refractivity contribution in [3.63, 3.8) is 0 Å². The van der Waals surface area contributed by atoms with Crippen molar-refractivity contribution in [3.8, 4) is 0 Å². The van der Waals surface area contributed by atoms with Gasteiger partial charge in [-0.1, -0.05) is 43.4 Å². The summed E-state index contributed by atoms with van der Waals surface area (Å²) in [7, 11) is 0. The first-order chi connectivity index (χ1) is 15.8. The number of carbonyl (C=O) groups excluding carboxylic acids is 3. The van der Waals surface area contributed by atoms with E-state index >= 15 is 0 Å². The monoisotopic (exact) mass is 463 g/mol. The summed E-state index contributed by atoms with van der Waals surface area (Å²) in [5.74, 6) is -0.536. The third kappa shape index (κ3) is 5.09. The second kappa shape index (κ2) is 9.50. The first-order valence-corrected chi connectivity index (χ1v) is 11.5. The molecule has 0 bridgehead atoms. The van der Waals surface area contributed by atoms with Gasteiger partial charge in [0, 0.05) is 41.7 Å². The first kappa shape index (κ1) is 22.6. The SMILES string of the molecule is Cc1ccccc1N1C[C@@H](c2nnc(NC(=O)c3ccc(NC(=O)C(C)C)cc3)s2)CC1=O. The molecule has 3 amide bonds. The molecule has 1 aliphatic rings. The van der Waals surface area contributed by atoms with Gasteiger partial charge in [0.2, 0.25) is 16.9 Å². The zero-order valence-corrected chi connectivity index (χ0v) is 19.5. The zero-order valence-electron chi connectivity index (χ0n) is 18.7. The third-order valence-corrected chi connectivity index (χ3v) is 6.48. The van der Waals surface area contributed by atoms with Crippen molar-refractivity contribution in [2.45, 2.75) is 33.1 Å². The molecule has 2 heterocycles. The second-order valence-electron chi connectivity index (χ2n) is 8.31. The van der Waals surface area contributed by atoms with E-state index in [0.29, 0.717) is 29.3 Å². The van der Waals surface area contributed by atoms with Crippen LogP contribution in [0, 0.1) is 12.8 Å². The predicted molar refractivity (Wildman–Crippen MR) is 129 cm³/mol. The lowest BCUT2D eigenvalue weighted by Crippen LogP contribution is -2.25. The summed E-state index contributed by atoms with van der Waals surface area (Å²) in [4.78, 5) is 38.8. The maximum Gasteiger partial charge on any atom is 0.257 e. The minimum atomic E-state index is -0.316. The van der Waals surface area contributed by atoms with E-state index in [9.17, 15) is 14.4 Å². The molecule has 0 unspecified atom stereocenters. The summed E-state index contributed by atoms with van der Waals surface area (Å²) in [6, 6.07) is 14.5. The normalized spacial score (nSPS) is 15.7. The highest BCUT2D eigenvalue weighted by Gasteiger charge is 2.34. The van der Waals surface area contributed by atoms with Gasteiger partial charge in [0.05, 0.1) is 0 Å². The van der Waals surface area contributed by atoms with Crippen LogP contribution in [0.5, 0.6) is 0 Å². The lowest BCUT2D eigenvalue weighted by atomic mass is 10.1. The van der Waals surface area contributed by atoms with Crippen LogP contribution >= 0.6 is 11.3 Å². The molecule has 8 nitrogen and oxygen atoms in total. The number of aromatic nitrogens is 2. The molecule has 4 rings (SSSR count). The number of nitrogens with zero attached hydrogens (tertiary/aromatic N) is 3. The molecule has 1 aliphatic heterocycles. The van der Waals surface area contributed by atoms with Crippen LogP contribution in [-0.4, -0.2) is 34.5 Å². The number of amides is 3. The fourth-order valence-electron chi connectivity index (χ4n) is 3.58. The van der Waals surface area contributed by atoms with Crippen molar-refractivity contribution >= 4 is 45.6 Å². The Morgan fingerprint density at radius 1 is 1.06 bits per heavy atom. The van der Waals surface area contributed by atoms with Crippen LogP contribution in [0.4, 0.5) is 16.5 Å². The van der Waals surface area contributed by atoms with Gasteiger partial charge in [0.25, 0.3) is 5.91 Å². The van der Waals surface area contributed by atoms with Gasteiger partial charge in [-0.05, 0) is 42.8 Å². The van der Waals surface area contributed by atoms with Crippen LogP contribution in [0.2, 0.25) is 0 Å². The Balaban J connectivity index is 1.39. The summed E-state index contributed by atoms with van der Waals surface area (Å²) >= 11 is 1.28. The molecule has 0 aliphatic carbocycles. The zero-order chi connectivity index (χ0) is 23.5. The van der Waals surface area contributed by atoms with E-state index in [2.05, 4.69) is 20.8 Å². The average Bonchev–Trinajstić information content (AvgIpc) is 3.41. The highest BCUT2D eigenvalue weighted by Crippen LogP contribution is 2.35. The summed E-state index contributed by atoms with van der Waals surface area (Å²) in [6.07, 6.45) is 0.362. The lowest BCUT2D eigenvalue weighted by Gasteiger charge is -2.18. The molecule has 2 aromatic carbocycles. The number of rotatable bonds is 6. The largest absolute Gasteiger partial charge is 0.326 e. The maximum atomic E-state index is 12.6. The van der Waals surface area contributed by atoms with Gasteiger partial charge in [0.1, 0.15) is 5.01 Å². The van der Waals surface area contributed by atoms with Gasteiger partial charge in [0.15, 0.2) is 0 Å². The Kier molecular flexibility index (Phi) is 6.50. The van der Waals surface area contributed by atoms with Gasteiger partial charge >= 0.3 is 0 Å². The van der Waals surface area contributed by atoms with E-state index in [0.717, 1.165) is 16.3 Å². The smallest absolute Gasteiger partial charge is 0.257 e. The van der Waals surface area contributed by atoms with E-state index in [1.807, 2.05) is 45.0 Å². The number of hydrogen-bond acceptors (Lipinski definition) is 6. The number of benzene rings is 2. The molecule has 1 saturated heterocycles. The van der Waals surface area contributed by atoms with Crippen molar-refractivity contribution in [2.24, 2.45) is 5.92 Å². The fraction of sp³-hybridized carbons (Fsp3) is 0.292. The Labute approximate surface area is 196 Å². The molecule has 1 aromatic heterocycles. The predicted octanol–water partition coefficient (Wildman–Crippen LogP) is 4.21. The minimum absolute atomic E-state index is 0.0553. The van der Waals surface area contributed by atoms with Crippen molar-refractivity contribution in [3.05, 3.63) is 64.7 Å². The molecule has 3 aromatic rings. The quantitative estimate of drug-likeness (QED) is 0.570. The summed E-state index contributed by atoms with van der Waals surface area (Å²) in [5.41, 5.74) is 3.03. The van der Waals surface area contributed by atoms with Gasteiger partial charge < -0.3 is 10.2 Å². The van der Waals surface area contributed by atoms with E-state index in [1.54, 1.807) is 29.2 Å². The standard InChI is InChI=1S/C24H25N5O3S/c1-14(2)21(31)25-18-10-8-16(9-11-18)22(32)26-24-28-27-23(33-24)17-12-20(30)29(13-17)19-7-5-4-6-15(19)3/h4-11,14,17H,12-13H2,1-3H3,(H,25,31)(H,26,28,32)/t17-/m0/s1. The van der Waals surface area contributed by atoms with Crippen molar-refractivity contribution in [2.75, 3.05) is 22.1 Å². The van der Waals surface area contributed by atoms with E-state index < -0.39 is 0 Å². The highest BCUT2D eigenvalue weighted by atomic mass is 32.1. The minimum Gasteiger partial charge on any atom is -0.326 e. The molecule has 0 radical (unpaired) electrons. The molecule has 9 heteroatoms.